The zero-order valence-corrected chi connectivity index (χ0v) is 6.47. The molecule has 0 aromatic carbocycles. The van der Waals surface area contributed by atoms with Crippen molar-refractivity contribution in [3.8, 4) is 0 Å². The van der Waals surface area contributed by atoms with Gasteiger partial charge in [0, 0.05) is 11.1 Å². The van der Waals surface area contributed by atoms with Gasteiger partial charge in [-0.2, -0.15) is 4.79 Å². The van der Waals surface area contributed by atoms with Crippen LogP contribution in [0, 0.1) is 0 Å². The van der Waals surface area contributed by atoms with Gasteiger partial charge in [-0.15, -0.1) is 11.6 Å². The zero-order valence-electron chi connectivity index (χ0n) is 4.96. The van der Waals surface area contributed by atoms with Crippen LogP contribution >= 0.6 is 23.2 Å². The fraction of sp³-hybridized carbons (Fsp3) is 0.167. The van der Waals surface area contributed by atoms with Crippen molar-refractivity contribution in [2.24, 2.45) is 0 Å². The minimum atomic E-state index is -0.503. The Balaban J connectivity index is 3.00. The van der Waals surface area contributed by atoms with Crippen molar-refractivity contribution in [2.45, 2.75) is 5.38 Å². The van der Waals surface area contributed by atoms with Crippen molar-refractivity contribution in [2.75, 3.05) is 0 Å². The molecule has 10 heavy (non-hydrogen) atoms. The Morgan fingerprint density at radius 2 is 2.30 bits per heavy atom. The maximum absolute atomic E-state index is 8.35. The molecule has 0 aliphatic heterocycles. The number of rotatable bonds is 0. The third kappa shape index (κ3) is 1.29. The monoisotopic (exact) mass is 174 g/mol. The molecule has 0 amide bonds. The minimum absolute atomic E-state index is 0.370. The third-order valence-electron chi connectivity index (χ3n) is 1.14. The number of hydrogen-bond donors (Lipinski definition) is 0. The van der Waals surface area contributed by atoms with Crippen molar-refractivity contribution >= 4 is 28.9 Å². The lowest BCUT2D eigenvalue weighted by atomic mass is 10.1. The highest BCUT2D eigenvalue weighted by Gasteiger charge is 2.23. The van der Waals surface area contributed by atoms with E-state index in [0.717, 1.165) is 0 Å². The maximum atomic E-state index is 8.35. The van der Waals surface area contributed by atoms with E-state index in [1.54, 1.807) is 18.2 Å². The van der Waals surface area contributed by atoms with Gasteiger partial charge in [-0.1, -0.05) is 17.7 Å². The molecule has 1 aliphatic rings. The number of halogens is 2. The Labute approximate surface area is 68.4 Å². The molecule has 0 spiro atoms. The molecule has 52 valence electrons. The van der Waals surface area contributed by atoms with E-state index in [9.17, 15) is 0 Å². The number of nitrogens with zero attached hydrogens (tertiary/aromatic N) is 2. The normalized spacial score (nSPS) is 24.0. The van der Waals surface area contributed by atoms with Crippen LogP contribution in [-0.2, 0) is 0 Å². The second-order valence-electron chi connectivity index (χ2n) is 1.80. The first-order valence-electron chi connectivity index (χ1n) is 2.65. The van der Waals surface area contributed by atoms with Gasteiger partial charge in [0.25, 0.3) is 0 Å². The van der Waals surface area contributed by atoms with E-state index < -0.39 is 5.38 Å². The molecular formula is C6H4Cl2N2. The van der Waals surface area contributed by atoms with Gasteiger partial charge < -0.3 is 5.53 Å². The Morgan fingerprint density at radius 3 is 2.80 bits per heavy atom. The molecule has 1 aliphatic carbocycles. The maximum Gasteiger partial charge on any atom is 0.315 e. The second kappa shape index (κ2) is 3.02. The molecule has 0 N–H and O–H groups in total. The van der Waals surface area contributed by atoms with E-state index in [4.69, 9.17) is 28.7 Å². The molecule has 4 heteroatoms. The molecule has 1 atom stereocenters. The van der Waals surface area contributed by atoms with Gasteiger partial charge >= 0.3 is 5.71 Å². The molecule has 0 fully saturated rings. The first-order valence-corrected chi connectivity index (χ1v) is 3.47. The molecule has 0 radical (unpaired) electrons. The van der Waals surface area contributed by atoms with Crippen molar-refractivity contribution < 1.29 is 4.79 Å². The van der Waals surface area contributed by atoms with E-state index in [-0.39, 0.29) is 0 Å². The first-order chi connectivity index (χ1) is 4.75. The van der Waals surface area contributed by atoms with Gasteiger partial charge in [0.05, 0.1) is 0 Å². The topological polar surface area (TPSA) is 36.4 Å². The van der Waals surface area contributed by atoms with Gasteiger partial charge in [0.1, 0.15) is 0 Å². The van der Waals surface area contributed by atoms with Gasteiger partial charge in [0.2, 0.25) is 0 Å². The molecule has 0 heterocycles. The SMILES string of the molecule is [N-]=[N+]=C1C=CC=C(Cl)C1Cl. The first kappa shape index (κ1) is 7.55. The molecule has 1 rings (SSSR count). The van der Waals surface area contributed by atoms with Crippen LogP contribution in [0.2, 0.25) is 0 Å². The highest BCUT2D eigenvalue weighted by Crippen LogP contribution is 2.19. The highest BCUT2D eigenvalue weighted by molar-refractivity contribution is 6.45. The fourth-order valence-corrected chi connectivity index (χ4v) is 1.01. The minimum Gasteiger partial charge on any atom is -0.361 e. The predicted molar refractivity (Wildman–Crippen MR) is 41.3 cm³/mol. The summed E-state index contributed by atoms with van der Waals surface area (Å²) in [5.41, 5.74) is 8.72. The molecular weight excluding hydrogens is 171 g/mol. The van der Waals surface area contributed by atoms with Crippen LogP contribution in [0.3, 0.4) is 0 Å². The van der Waals surface area contributed by atoms with Crippen LogP contribution in [-0.4, -0.2) is 15.9 Å². The lowest BCUT2D eigenvalue weighted by Gasteiger charge is -2.02. The molecule has 1 unspecified atom stereocenters. The Morgan fingerprint density at radius 1 is 1.60 bits per heavy atom. The summed E-state index contributed by atoms with van der Waals surface area (Å²) in [7, 11) is 0. The average molecular weight is 175 g/mol. The van der Waals surface area contributed by atoms with Crippen LogP contribution in [0.15, 0.2) is 23.3 Å². The van der Waals surface area contributed by atoms with Gasteiger partial charge in [-0.3, -0.25) is 0 Å². The van der Waals surface area contributed by atoms with Crippen LogP contribution in [0.25, 0.3) is 5.53 Å². The summed E-state index contributed by atoms with van der Waals surface area (Å²) in [6.07, 6.45) is 4.94. The second-order valence-corrected chi connectivity index (χ2v) is 2.67. The standard InChI is InChI=1S/C6H4Cl2N2/c7-4-2-1-3-5(10-9)6(4)8/h1-3,6H. The Kier molecular flexibility index (Phi) is 2.28. The van der Waals surface area contributed by atoms with E-state index in [2.05, 4.69) is 4.79 Å². The van der Waals surface area contributed by atoms with Crippen LogP contribution in [0.4, 0.5) is 0 Å². The van der Waals surface area contributed by atoms with Crippen molar-refractivity contribution in [1.82, 2.24) is 0 Å². The summed E-state index contributed by atoms with van der Waals surface area (Å²) >= 11 is 11.3. The van der Waals surface area contributed by atoms with Crippen LogP contribution in [0.5, 0.6) is 0 Å². The largest absolute Gasteiger partial charge is 0.361 e. The molecule has 0 aromatic heterocycles. The fourth-order valence-electron chi connectivity index (χ4n) is 0.633. The molecule has 0 saturated carbocycles. The smallest absolute Gasteiger partial charge is 0.315 e. The van der Waals surface area contributed by atoms with E-state index in [1.165, 1.54) is 0 Å². The average Bonchev–Trinajstić information content (AvgIpc) is 1.95. The molecule has 0 bridgehead atoms. The number of alkyl halides is 1. The summed E-state index contributed by atoms with van der Waals surface area (Å²) in [6, 6.07) is 0. The lowest BCUT2D eigenvalue weighted by Crippen LogP contribution is -2.15. The summed E-state index contributed by atoms with van der Waals surface area (Å²) in [5.74, 6) is 0. The quantitative estimate of drug-likeness (QED) is 0.306. The highest BCUT2D eigenvalue weighted by atomic mass is 35.5. The summed E-state index contributed by atoms with van der Waals surface area (Å²) in [4.78, 5) is 2.95. The van der Waals surface area contributed by atoms with Gasteiger partial charge in [-0.05, 0) is 6.08 Å². The van der Waals surface area contributed by atoms with Crippen molar-refractivity contribution in [3.05, 3.63) is 28.8 Å². The van der Waals surface area contributed by atoms with Crippen molar-refractivity contribution in [1.29, 1.82) is 0 Å². The Hall–Kier alpha value is -0.560. The van der Waals surface area contributed by atoms with Gasteiger partial charge in [0.15, 0.2) is 5.38 Å². The van der Waals surface area contributed by atoms with Crippen LogP contribution < -0.4 is 0 Å². The molecule has 0 aromatic rings. The van der Waals surface area contributed by atoms with Gasteiger partial charge in [-0.25, -0.2) is 0 Å². The van der Waals surface area contributed by atoms with E-state index >= 15 is 0 Å². The molecule has 2 nitrogen and oxygen atoms in total. The zero-order chi connectivity index (χ0) is 7.56. The van der Waals surface area contributed by atoms with Crippen LogP contribution in [0.1, 0.15) is 0 Å². The van der Waals surface area contributed by atoms with Crippen molar-refractivity contribution in [3.63, 3.8) is 0 Å². The molecule has 0 saturated heterocycles. The lowest BCUT2D eigenvalue weighted by molar-refractivity contribution is -0.00517. The summed E-state index contributed by atoms with van der Waals surface area (Å²) in [6.45, 7) is 0. The number of hydrogen-bond acceptors (Lipinski definition) is 0. The Bertz CT molecular complexity index is 248. The summed E-state index contributed by atoms with van der Waals surface area (Å²) < 4.78 is 0. The number of allylic oxidation sites excluding steroid dienone is 4. The third-order valence-corrected chi connectivity index (χ3v) is 2.05. The van der Waals surface area contributed by atoms with E-state index in [0.29, 0.717) is 10.7 Å². The summed E-state index contributed by atoms with van der Waals surface area (Å²) in [5, 5.41) is -0.0337. The predicted octanol–water partition coefficient (Wildman–Crippen LogP) is 1.96. The van der Waals surface area contributed by atoms with E-state index in [1.807, 2.05) is 0 Å².